The van der Waals surface area contributed by atoms with Gasteiger partial charge in [0.15, 0.2) is 0 Å². The third-order valence-corrected chi connectivity index (χ3v) is 7.37. The largest absolute Gasteiger partial charge is 0.451 e. The Labute approximate surface area is 217 Å². The second-order valence-corrected chi connectivity index (χ2v) is 9.78. The van der Waals surface area contributed by atoms with Crippen LogP contribution in [0.25, 0.3) is 11.3 Å². The third kappa shape index (κ3) is 6.38. The Morgan fingerprint density at radius 3 is 2.21 bits per heavy atom. The van der Waals surface area contributed by atoms with Crippen molar-refractivity contribution in [3.8, 4) is 11.3 Å². The molecule has 3 atom stereocenters. The molecule has 1 aliphatic heterocycles. The maximum Gasteiger partial charge on any atom is 0.451 e. The Morgan fingerprint density at radius 1 is 0.974 bits per heavy atom. The molecule has 4 rings (SSSR count). The van der Waals surface area contributed by atoms with E-state index in [9.17, 15) is 44.1 Å². The molecule has 0 bridgehead atoms. The first-order chi connectivity index (χ1) is 18.3. The van der Waals surface area contributed by atoms with E-state index in [0.29, 0.717) is 4.31 Å². The average Bonchev–Trinajstić information content (AvgIpc) is 3.34. The van der Waals surface area contributed by atoms with Crippen molar-refractivity contribution < 1.29 is 44.1 Å². The summed E-state index contributed by atoms with van der Waals surface area (Å²) in [5.74, 6) is -3.95. The lowest BCUT2D eigenvalue weighted by molar-refractivity contribution is -0.167. The number of carbonyl (C=O) groups is 1. The SMILES string of the molecule is O=C(NCc1cc(-c2cnc(C(F)(F)F)nc2)ncc1F)[C@@H]1CC[C@H](C(F)(F)F)N1S(=O)c1ccc(F)cc1. The standard InChI is InChI=1S/C23H17F8N5O2S/c24-14-1-3-15(4-2-14)39(38)36-18(5-6-19(36)22(26,27)28)20(37)33-8-12-7-17(32-11-16(12)25)13-9-34-21(35-10-13)23(29,30)31/h1-4,7,9-11,18-19H,5-6,8H2,(H,33,37)/t18-,19+,39?/m0/s1. The molecule has 1 amide bonds. The van der Waals surface area contributed by atoms with E-state index in [-0.39, 0.29) is 28.1 Å². The second kappa shape index (κ2) is 10.9. The van der Waals surface area contributed by atoms with Gasteiger partial charge in [-0.2, -0.15) is 30.6 Å². The molecular weight excluding hydrogens is 562 g/mol. The minimum Gasteiger partial charge on any atom is -0.351 e. The lowest BCUT2D eigenvalue weighted by Crippen LogP contribution is -2.50. The number of rotatable bonds is 6. The fourth-order valence-electron chi connectivity index (χ4n) is 3.93. The van der Waals surface area contributed by atoms with Gasteiger partial charge < -0.3 is 5.32 Å². The number of hydrogen-bond donors (Lipinski definition) is 1. The summed E-state index contributed by atoms with van der Waals surface area (Å²) >= 11 is 0. The lowest BCUT2D eigenvalue weighted by Gasteiger charge is -2.29. The summed E-state index contributed by atoms with van der Waals surface area (Å²) in [6.07, 6.45) is -8.02. The molecular formula is C23H17F8N5O2S. The van der Waals surface area contributed by atoms with Gasteiger partial charge in [-0.25, -0.2) is 23.0 Å². The van der Waals surface area contributed by atoms with Crippen LogP contribution in [0.5, 0.6) is 0 Å². The molecule has 1 unspecified atom stereocenters. The summed E-state index contributed by atoms with van der Waals surface area (Å²) in [7, 11) is -2.48. The highest BCUT2D eigenvalue weighted by Crippen LogP contribution is 2.38. The highest BCUT2D eigenvalue weighted by atomic mass is 32.2. The van der Waals surface area contributed by atoms with Crippen molar-refractivity contribution in [2.24, 2.45) is 0 Å². The Morgan fingerprint density at radius 2 is 1.62 bits per heavy atom. The number of hydrogen-bond acceptors (Lipinski definition) is 5. The number of benzene rings is 1. The number of amides is 1. The first-order valence-electron chi connectivity index (χ1n) is 11.1. The topological polar surface area (TPSA) is 88.1 Å². The Balaban J connectivity index is 1.52. The van der Waals surface area contributed by atoms with E-state index in [0.717, 1.165) is 48.9 Å². The summed E-state index contributed by atoms with van der Waals surface area (Å²) in [6, 6.07) is 1.33. The molecule has 1 N–H and O–H groups in total. The smallest absolute Gasteiger partial charge is 0.351 e. The van der Waals surface area contributed by atoms with Crippen LogP contribution in [0, 0.1) is 11.6 Å². The van der Waals surface area contributed by atoms with Crippen molar-refractivity contribution in [2.45, 2.75) is 48.7 Å². The fraction of sp³-hybridized carbons (Fsp3) is 0.304. The number of nitrogens with zero attached hydrogens (tertiary/aromatic N) is 4. The third-order valence-electron chi connectivity index (χ3n) is 5.80. The Hall–Kier alpha value is -3.53. The maximum absolute atomic E-state index is 14.4. The molecule has 0 aliphatic carbocycles. The van der Waals surface area contributed by atoms with Crippen LogP contribution < -0.4 is 5.32 Å². The first kappa shape index (κ1) is 28.5. The number of aromatic nitrogens is 3. The molecule has 1 aliphatic rings. The molecule has 0 radical (unpaired) electrons. The number of carbonyl (C=O) groups excluding carboxylic acids is 1. The highest BCUT2D eigenvalue weighted by molar-refractivity contribution is 7.82. The molecule has 1 fully saturated rings. The van der Waals surface area contributed by atoms with Gasteiger partial charge in [-0.05, 0) is 43.2 Å². The van der Waals surface area contributed by atoms with E-state index in [1.165, 1.54) is 0 Å². The molecule has 3 aromatic rings. The van der Waals surface area contributed by atoms with Crippen LogP contribution in [0.1, 0.15) is 24.2 Å². The summed E-state index contributed by atoms with van der Waals surface area (Å²) in [4.78, 5) is 22.9. The molecule has 2 aromatic heterocycles. The van der Waals surface area contributed by atoms with Gasteiger partial charge in [-0.15, -0.1) is 0 Å². The van der Waals surface area contributed by atoms with Gasteiger partial charge >= 0.3 is 12.4 Å². The Bertz CT molecular complexity index is 1370. The minimum atomic E-state index is -4.82. The normalized spacial score (nSPS) is 19.2. The van der Waals surface area contributed by atoms with Gasteiger partial charge in [0.25, 0.3) is 0 Å². The summed E-state index contributed by atoms with van der Waals surface area (Å²) in [5.41, 5.74) is -0.184. The van der Waals surface area contributed by atoms with E-state index in [1.807, 2.05) is 0 Å². The quantitative estimate of drug-likeness (QED) is 0.433. The monoisotopic (exact) mass is 579 g/mol. The zero-order valence-corrected chi connectivity index (χ0v) is 20.2. The van der Waals surface area contributed by atoms with E-state index in [4.69, 9.17) is 0 Å². The van der Waals surface area contributed by atoms with Gasteiger partial charge in [-0.1, -0.05) is 0 Å². The molecule has 7 nitrogen and oxygen atoms in total. The Kier molecular flexibility index (Phi) is 7.97. The van der Waals surface area contributed by atoms with Gasteiger partial charge in [0, 0.05) is 30.1 Å². The van der Waals surface area contributed by atoms with Gasteiger partial charge in [0.05, 0.1) is 16.8 Å². The van der Waals surface area contributed by atoms with Crippen LogP contribution in [0.15, 0.2) is 53.8 Å². The van der Waals surface area contributed by atoms with E-state index in [2.05, 4.69) is 20.3 Å². The summed E-state index contributed by atoms with van der Waals surface area (Å²) in [5, 5.41) is 2.32. The zero-order valence-electron chi connectivity index (χ0n) is 19.4. The first-order valence-corrected chi connectivity index (χ1v) is 12.2. The van der Waals surface area contributed by atoms with Crippen molar-refractivity contribution >= 4 is 16.9 Å². The van der Waals surface area contributed by atoms with Crippen LogP contribution in [-0.2, 0) is 28.5 Å². The minimum absolute atomic E-state index is 0.0141. The van der Waals surface area contributed by atoms with Crippen LogP contribution in [0.3, 0.4) is 0 Å². The second-order valence-electron chi connectivity index (χ2n) is 8.39. The number of nitrogens with one attached hydrogen (secondary N) is 1. The zero-order chi connectivity index (χ0) is 28.5. The summed E-state index contributed by atoms with van der Waals surface area (Å²) in [6.45, 7) is -0.522. The van der Waals surface area contributed by atoms with Crippen molar-refractivity contribution in [1.82, 2.24) is 24.6 Å². The van der Waals surface area contributed by atoms with Crippen LogP contribution in [0.4, 0.5) is 35.1 Å². The average molecular weight is 579 g/mol. The fourth-order valence-corrected chi connectivity index (χ4v) is 5.43. The van der Waals surface area contributed by atoms with E-state index < -0.39 is 71.8 Å². The van der Waals surface area contributed by atoms with E-state index >= 15 is 0 Å². The number of pyridine rings is 1. The molecule has 3 heterocycles. The van der Waals surface area contributed by atoms with Crippen molar-refractivity contribution in [3.05, 3.63) is 71.9 Å². The van der Waals surface area contributed by atoms with Crippen molar-refractivity contribution in [2.75, 3.05) is 0 Å². The molecule has 39 heavy (non-hydrogen) atoms. The molecule has 208 valence electrons. The van der Waals surface area contributed by atoms with Gasteiger partial charge in [0.1, 0.15) is 34.7 Å². The highest BCUT2D eigenvalue weighted by Gasteiger charge is 2.53. The van der Waals surface area contributed by atoms with Crippen LogP contribution in [0.2, 0.25) is 0 Å². The molecule has 1 saturated heterocycles. The number of alkyl halides is 6. The maximum atomic E-state index is 14.4. The molecule has 0 saturated carbocycles. The van der Waals surface area contributed by atoms with Crippen LogP contribution in [-0.4, -0.2) is 47.6 Å². The molecule has 0 spiro atoms. The molecule has 16 heteroatoms. The predicted octanol–water partition coefficient (Wildman–Crippen LogP) is 4.57. The van der Waals surface area contributed by atoms with Crippen molar-refractivity contribution in [1.29, 1.82) is 0 Å². The predicted molar refractivity (Wildman–Crippen MR) is 120 cm³/mol. The number of halogens is 8. The molecule has 1 aromatic carbocycles. The van der Waals surface area contributed by atoms with E-state index in [1.54, 1.807) is 0 Å². The van der Waals surface area contributed by atoms with Gasteiger partial charge in [-0.3, -0.25) is 9.78 Å². The summed E-state index contributed by atoms with van der Waals surface area (Å²) < 4.78 is 120. The van der Waals surface area contributed by atoms with Crippen LogP contribution >= 0.6 is 0 Å². The lowest BCUT2D eigenvalue weighted by atomic mass is 10.1. The van der Waals surface area contributed by atoms with Gasteiger partial charge in [0.2, 0.25) is 11.7 Å². The van der Waals surface area contributed by atoms with Crippen molar-refractivity contribution in [3.63, 3.8) is 0 Å².